The summed E-state index contributed by atoms with van der Waals surface area (Å²) in [5.41, 5.74) is 1.01. The smallest absolute Gasteiger partial charge is 0.227 e. The largest absolute Gasteiger partial charge is 0.356 e. The zero-order valence-corrected chi connectivity index (χ0v) is 14.3. The van der Waals surface area contributed by atoms with Crippen molar-refractivity contribution in [1.82, 2.24) is 24.7 Å². The van der Waals surface area contributed by atoms with E-state index in [0.29, 0.717) is 12.1 Å². The fourth-order valence-corrected chi connectivity index (χ4v) is 2.85. The van der Waals surface area contributed by atoms with Crippen LogP contribution in [0.4, 0.5) is 11.8 Å². The Morgan fingerprint density at radius 3 is 2.57 bits per heavy atom. The van der Waals surface area contributed by atoms with Gasteiger partial charge in [-0.25, -0.2) is 14.6 Å². The molecule has 124 valence electrons. The molecule has 0 spiro atoms. The summed E-state index contributed by atoms with van der Waals surface area (Å²) in [6.07, 6.45) is 5.53. The van der Waals surface area contributed by atoms with Gasteiger partial charge in [-0.15, -0.1) is 0 Å². The van der Waals surface area contributed by atoms with Crippen LogP contribution in [0.1, 0.15) is 38.4 Å². The summed E-state index contributed by atoms with van der Waals surface area (Å²) in [6.45, 7) is 8.28. The third kappa shape index (κ3) is 3.43. The number of anilines is 2. The van der Waals surface area contributed by atoms with Crippen LogP contribution < -0.4 is 9.80 Å². The van der Waals surface area contributed by atoms with Crippen molar-refractivity contribution in [2.24, 2.45) is 0 Å². The molecule has 0 aliphatic carbocycles. The number of hydrogen-bond donors (Lipinski definition) is 0. The van der Waals surface area contributed by atoms with E-state index >= 15 is 0 Å². The SMILES string of the molecule is Cc1cc(N2CCC(n3cncn3)CC2)nc(N(C)C(C)C)n1. The number of rotatable bonds is 4. The van der Waals surface area contributed by atoms with Crippen LogP contribution in [-0.2, 0) is 0 Å². The van der Waals surface area contributed by atoms with Gasteiger partial charge in [0.15, 0.2) is 0 Å². The third-order valence-corrected chi connectivity index (χ3v) is 4.52. The van der Waals surface area contributed by atoms with E-state index in [1.54, 1.807) is 6.33 Å². The summed E-state index contributed by atoms with van der Waals surface area (Å²) in [5, 5.41) is 4.26. The fraction of sp³-hybridized carbons (Fsp3) is 0.625. The average molecular weight is 315 g/mol. The van der Waals surface area contributed by atoms with Gasteiger partial charge >= 0.3 is 0 Å². The Bertz CT molecular complexity index is 630. The zero-order valence-electron chi connectivity index (χ0n) is 14.3. The molecule has 3 heterocycles. The van der Waals surface area contributed by atoms with E-state index in [4.69, 9.17) is 4.98 Å². The molecule has 3 rings (SSSR count). The topological polar surface area (TPSA) is 63.0 Å². The van der Waals surface area contributed by atoms with Crippen molar-refractivity contribution in [3.8, 4) is 0 Å². The molecule has 7 nitrogen and oxygen atoms in total. The first-order valence-corrected chi connectivity index (χ1v) is 8.22. The predicted molar refractivity (Wildman–Crippen MR) is 90.8 cm³/mol. The minimum absolute atomic E-state index is 0.378. The normalized spacial score (nSPS) is 16.1. The summed E-state index contributed by atoms with van der Waals surface area (Å²) < 4.78 is 1.97. The lowest BCUT2D eigenvalue weighted by Gasteiger charge is -2.33. The average Bonchev–Trinajstić information content (AvgIpc) is 3.08. The lowest BCUT2D eigenvalue weighted by molar-refractivity contribution is 0.365. The molecule has 1 aliphatic rings. The Labute approximate surface area is 137 Å². The predicted octanol–water partition coefficient (Wildman–Crippen LogP) is 2.06. The summed E-state index contributed by atoms with van der Waals surface area (Å²) in [5.74, 6) is 1.82. The van der Waals surface area contributed by atoms with Crippen LogP contribution in [0.5, 0.6) is 0 Å². The number of aryl methyl sites for hydroxylation is 1. The van der Waals surface area contributed by atoms with Crippen molar-refractivity contribution >= 4 is 11.8 Å². The maximum absolute atomic E-state index is 4.77. The van der Waals surface area contributed by atoms with Crippen LogP contribution in [0.15, 0.2) is 18.7 Å². The van der Waals surface area contributed by atoms with E-state index in [-0.39, 0.29) is 0 Å². The molecule has 23 heavy (non-hydrogen) atoms. The van der Waals surface area contributed by atoms with Gasteiger partial charge in [0.2, 0.25) is 5.95 Å². The van der Waals surface area contributed by atoms with Crippen LogP contribution in [0.2, 0.25) is 0 Å². The first-order valence-electron chi connectivity index (χ1n) is 8.22. The molecule has 2 aromatic heterocycles. The van der Waals surface area contributed by atoms with E-state index < -0.39 is 0 Å². The quantitative estimate of drug-likeness (QED) is 0.860. The Morgan fingerprint density at radius 1 is 1.22 bits per heavy atom. The van der Waals surface area contributed by atoms with Crippen molar-refractivity contribution in [3.63, 3.8) is 0 Å². The Morgan fingerprint density at radius 2 is 1.96 bits per heavy atom. The van der Waals surface area contributed by atoms with Gasteiger partial charge in [-0.05, 0) is 33.6 Å². The maximum Gasteiger partial charge on any atom is 0.227 e. The number of piperidine rings is 1. The molecule has 2 aromatic rings. The molecule has 0 unspecified atom stereocenters. The Hall–Kier alpha value is -2.18. The molecular weight excluding hydrogens is 290 g/mol. The first kappa shape index (κ1) is 15.7. The van der Waals surface area contributed by atoms with Gasteiger partial charge in [0.1, 0.15) is 18.5 Å². The van der Waals surface area contributed by atoms with E-state index in [9.17, 15) is 0 Å². The Balaban J connectivity index is 1.73. The molecule has 1 aliphatic heterocycles. The first-order chi connectivity index (χ1) is 11.0. The molecular formula is C16H25N7. The second-order valence-electron chi connectivity index (χ2n) is 6.47. The molecule has 0 N–H and O–H groups in total. The van der Waals surface area contributed by atoms with Crippen molar-refractivity contribution in [1.29, 1.82) is 0 Å². The standard InChI is InChI=1S/C16H25N7/c1-12(2)21(4)16-19-13(3)9-15(20-16)22-7-5-14(6-8-22)23-11-17-10-18-23/h9-12,14H,5-8H2,1-4H3. The van der Waals surface area contributed by atoms with Gasteiger partial charge in [-0.1, -0.05) is 0 Å². The van der Waals surface area contributed by atoms with Gasteiger partial charge in [-0.3, -0.25) is 0 Å². The van der Waals surface area contributed by atoms with Gasteiger partial charge < -0.3 is 9.80 Å². The van der Waals surface area contributed by atoms with Crippen molar-refractivity contribution < 1.29 is 0 Å². The lowest BCUT2D eigenvalue weighted by atomic mass is 10.1. The minimum Gasteiger partial charge on any atom is -0.356 e. The summed E-state index contributed by atoms with van der Waals surface area (Å²) in [4.78, 5) is 17.8. The molecule has 1 saturated heterocycles. The highest BCUT2D eigenvalue weighted by molar-refractivity contribution is 5.46. The van der Waals surface area contributed by atoms with E-state index in [0.717, 1.165) is 43.4 Å². The van der Waals surface area contributed by atoms with E-state index in [1.165, 1.54) is 0 Å². The van der Waals surface area contributed by atoms with Gasteiger partial charge in [0.25, 0.3) is 0 Å². The van der Waals surface area contributed by atoms with Crippen molar-refractivity contribution in [2.45, 2.75) is 45.7 Å². The van der Waals surface area contributed by atoms with Crippen LogP contribution in [-0.4, -0.2) is 50.9 Å². The highest BCUT2D eigenvalue weighted by Gasteiger charge is 2.23. The maximum atomic E-state index is 4.77. The number of hydrogen-bond acceptors (Lipinski definition) is 6. The molecule has 0 saturated carbocycles. The molecule has 0 aromatic carbocycles. The second-order valence-corrected chi connectivity index (χ2v) is 6.47. The summed E-state index contributed by atoms with van der Waals surface area (Å²) in [6, 6.07) is 2.89. The number of nitrogens with zero attached hydrogens (tertiary/aromatic N) is 7. The zero-order chi connectivity index (χ0) is 16.4. The lowest BCUT2D eigenvalue weighted by Crippen LogP contribution is -2.36. The highest BCUT2D eigenvalue weighted by Crippen LogP contribution is 2.26. The van der Waals surface area contributed by atoms with Gasteiger partial charge in [-0.2, -0.15) is 10.1 Å². The minimum atomic E-state index is 0.378. The van der Waals surface area contributed by atoms with Crippen LogP contribution in [0.3, 0.4) is 0 Å². The molecule has 0 bridgehead atoms. The molecule has 0 amide bonds. The van der Waals surface area contributed by atoms with Crippen LogP contribution >= 0.6 is 0 Å². The molecule has 0 radical (unpaired) electrons. The van der Waals surface area contributed by atoms with Gasteiger partial charge in [0, 0.05) is 37.9 Å². The van der Waals surface area contributed by atoms with Crippen molar-refractivity contribution in [2.75, 3.05) is 29.9 Å². The van der Waals surface area contributed by atoms with Crippen LogP contribution in [0, 0.1) is 6.92 Å². The monoisotopic (exact) mass is 315 g/mol. The summed E-state index contributed by atoms with van der Waals surface area (Å²) >= 11 is 0. The summed E-state index contributed by atoms with van der Waals surface area (Å²) in [7, 11) is 2.04. The Kier molecular flexibility index (Phi) is 4.45. The molecule has 7 heteroatoms. The number of aromatic nitrogens is 5. The van der Waals surface area contributed by atoms with Gasteiger partial charge in [0.05, 0.1) is 6.04 Å². The fourth-order valence-electron chi connectivity index (χ4n) is 2.85. The van der Waals surface area contributed by atoms with Crippen molar-refractivity contribution in [3.05, 3.63) is 24.4 Å². The highest BCUT2D eigenvalue weighted by atomic mass is 15.3. The third-order valence-electron chi connectivity index (χ3n) is 4.52. The molecule has 1 fully saturated rings. The van der Waals surface area contributed by atoms with E-state index in [1.807, 2.05) is 25.0 Å². The van der Waals surface area contributed by atoms with E-state index in [2.05, 4.69) is 44.8 Å². The molecule has 0 atom stereocenters. The van der Waals surface area contributed by atoms with Crippen LogP contribution in [0.25, 0.3) is 0 Å². The second kappa shape index (κ2) is 6.52.